The topological polar surface area (TPSA) is 91.8 Å². The highest BCUT2D eigenvalue weighted by Crippen LogP contribution is 2.10. The lowest BCUT2D eigenvalue weighted by Crippen LogP contribution is -1.99. The largest absolute Gasteiger partial charge is 0.478 e. The Morgan fingerprint density at radius 1 is 1.53 bits per heavy atom. The molecule has 2 heterocycles. The van der Waals surface area contributed by atoms with Crippen LogP contribution in [0.25, 0.3) is 5.82 Å². The molecule has 6 nitrogen and oxygen atoms in total. The van der Waals surface area contributed by atoms with Gasteiger partial charge in [0.2, 0.25) is 0 Å². The van der Waals surface area contributed by atoms with Gasteiger partial charge in [-0.25, -0.2) is 14.5 Å². The van der Waals surface area contributed by atoms with Crippen LogP contribution in [0.15, 0.2) is 24.4 Å². The van der Waals surface area contributed by atoms with Gasteiger partial charge in [0.15, 0.2) is 5.82 Å². The number of aromatic carboxylic acids is 1. The van der Waals surface area contributed by atoms with Crippen LogP contribution in [-0.4, -0.2) is 25.8 Å². The van der Waals surface area contributed by atoms with E-state index >= 15 is 0 Å². The highest BCUT2D eigenvalue weighted by molar-refractivity contribution is 5.88. The zero-order valence-corrected chi connectivity index (χ0v) is 8.95. The number of carboxylic acids is 1. The van der Waals surface area contributed by atoms with E-state index in [4.69, 9.17) is 10.4 Å². The quantitative estimate of drug-likeness (QED) is 0.832. The molecule has 0 amide bonds. The summed E-state index contributed by atoms with van der Waals surface area (Å²) in [6, 6.07) is 6.80. The van der Waals surface area contributed by atoms with Gasteiger partial charge in [-0.05, 0) is 19.1 Å². The number of aryl methyl sites for hydroxylation is 1. The molecule has 17 heavy (non-hydrogen) atoms. The molecular formula is C11H8N4O2. The third kappa shape index (κ3) is 1.99. The Bertz CT molecular complexity index is 625. The predicted molar refractivity (Wildman–Crippen MR) is 57.8 cm³/mol. The molecule has 0 saturated carbocycles. The maximum absolute atomic E-state index is 10.9. The van der Waals surface area contributed by atoms with E-state index in [0.29, 0.717) is 11.5 Å². The molecule has 6 heteroatoms. The molecule has 0 radical (unpaired) electrons. The summed E-state index contributed by atoms with van der Waals surface area (Å²) in [4.78, 5) is 14.9. The molecule has 0 spiro atoms. The Labute approximate surface area is 96.8 Å². The second kappa shape index (κ2) is 4.06. The molecule has 0 aliphatic heterocycles. The summed E-state index contributed by atoms with van der Waals surface area (Å²) in [5.74, 6) is -0.621. The molecule has 2 aromatic heterocycles. The fraction of sp³-hybridized carbons (Fsp3) is 0.0909. The Hall–Kier alpha value is -2.68. The van der Waals surface area contributed by atoms with Crippen LogP contribution in [0.2, 0.25) is 0 Å². The van der Waals surface area contributed by atoms with E-state index in [0.717, 1.165) is 0 Å². The molecule has 0 saturated heterocycles. The first-order valence-corrected chi connectivity index (χ1v) is 4.79. The van der Waals surface area contributed by atoms with E-state index in [1.807, 2.05) is 6.07 Å². The molecule has 1 N–H and O–H groups in total. The van der Waals surface area contributed by atoms with Crippen molar-refractivity contribution in [1.29, 1.82) is 5.26 Å². The molecule has 2 aromatic rings. The van der Waals surface area contributed by atoms with Gasteiger partial charge in [-0.15, -0.1) is 0 Å². The fourth-order valence-corrected chi connectivity index (χ4v) is 1.40. The number of carboxylic acid groups (broad SMARTS) is 1. The number of carbonyl (C=O) groups is 1. The van der Waals surface area contributed by atoms with E-state index in [1.165, 1.54) is 10.9 Å². The van der Waals surface area contributed by atoms with E-state index in [-0.39, 0.29) is 11.3 Å². The molecule has 0 aromatic carbocycles. The maximum Gasteiger partial charge on any atom is 0.339 e. The molecule has 0 fully saturated rings. The number of hydrogen-bond donors (Lipinski definition) is 1. The number of nitriles is 1. The van der Waals surface area contributed by atoms with Gasteiger partial charge in [0.25, 0.3) is 0 Å². The van der Waals surface area contributed by atoms with Gasteiger partial charge in [0, 0.05) is 6.20 Å². The normalized spacial score (nSPS) is 9.88. The lowest BCUT2D eigenvalue weighted by molar-refractivity contribution is 0.0696. The minimum atomic E-state index is -1.04. The summed E-state index contributed by atoms with van der Waals surface area (Å²) in [6.45, 7) is 1.61. The molecule has 0 aliphatic rings. The van der Waals surface area contributed by atoms with E-state index in [1.54, 1.807) is 25.1 Å². The first-order valence-electron chi connectivity index (χ1n) is 4.79. The number of aromatic nitrogens is 3. The summed E-state index contributed by atoms with van der Waals surface area (Å²) >= 11 is 0. The van der Waals surface area contributed by atoms with Gasteiger partial charge in [-0.2, -0.15) is 10.4 Å². The molecule has 0 unspecified atom stereocenters. The van der Waals surface area contributed by atoms with Crippen molar-refractivity contribution < 1.29 is 9.90 Å². The van der Waals surface area contributed by atoms with Crippen molar-refractivity contribution in [3.63, 3.8) is 0 Å². The standard InChI is InChI=1S/C11H8N4O2/c1-7-9(11(16)17)6-15(14-7)10-4-2-3-8(5-12)13-10/h2-4,6H,1H3,(H,16,17). The second-order valence-corrected chi connectivity index (χ2v) is 3.37. The van der Waals surface area contributed by atoms with Crippen LogP contribution in [0.3, 0.4) is 0 Å². The lowest BCUT2D eigenvalue weighted by Gasteiger charge is -1.99. The second-order valence-electron chi connectivity index (χ2n) is 3.37. The van der Waals surface area contributed by atoms with Crippen LogP contribution in [0.5, 0.6) is 0 Å². The van der Waals surface area contributed by atoms with Gasteiger partial charge in [-0.1, -0.05) is 6.07 Å². The highest BCUT2D eigenvalue weighted by atomic mass is 16.4. The van der Waals surface area contributed by atoms with Crippen molar-refractivity contribution in [2.24, 2.45) is 0 Å². The monoisotopic (exact) mass is 228 g/mol. The van der Waals surface area contributed by atoms with Crippen molar-refractivity contribution >= 4 is 5.97 Å². The lowest BCUT2D eigenvalue weighted by atomic mass is 10.3. The molecule has 0 aliphatic carbocycles. The Morgan fingerprint density at radius 2 is 2.29 bits per heavy atom. The van der Waals surface area contributed by atoms with E-state index in [2.05, 4.69) is 10.1 Å². The third-order valence-corrected chi connectivity index (χ3v) is 2.21. The van der Waals surface area contributed by atoms with Crippen molar-refractivity contribution in [3.05, 3.63) is 41.3 Å². The van der Waals surface area contributed by atoms with Crippen LogP contribution in [0.4, 0.5) is 0 Å². The Morgan fingerprint density at radius 3 is 2.88 bits per heavy atom. The van der Waals surface area contributed by atoms with Gasteiger partial charge in [0.1, 0.15) is 17.3 Å². The van der Waals surface area contributed by atoms with Crippen molar-refractivity contribution in [2.75, 3.05) is 0 Å². The number of rotatable bonds is 2. The first kappa shape index (κ1) is 10.8. The molecule has 84 valence electrons. The van der Waals surface area contributed by atoms with Gasteiger partial charge >= 0.3 is 5.97 Å². The van der Waals surface area contributed by atoms with Gasteiger partial charge < -0.3 is 5.11 Å². The van der Waals surface area contributed by atoms with Gasteiger partial charge in [-0.3, -0.25) is 0 Å². The average molecular weight is 228 g/mol. The molecule has 0 atom stereocenters. The smallest absolute Gasteiger partial charge is 0.339 e. The summed E-state index contributed by atoms with van der Waals surface area (Å²) in [5, 5.41) is 21.7. The number of pyridine rings is 1. The van der Waals surface area contributed by atoms with Crippen LogP contribution in [-0.2, 0) is 0 Å². The molecule has 0 bridgehead atoms. The average Bonchev–Trinajstić information content (AvgIpc) is 2.71. The highest BCUT2D eigenvalue weighted by Gasteiger charge is 2.13. The minimum absolute atomic E-state index is 0.120. The zero-order valence-electron chi connectivity index (χ0n) is 8.95. The van der Waals surface area contributed by atoms with Crippen LogP contribution in [0.1, 0.15) is 21.7 Å². The summed E-state index contributed by atoms with van der Waals surface area (Å²) in [5.41, 5.74) is 0.781. The van der Waals surface area contributed by atoms with Crippen LogP contribution < -0.4 is 0 Å². The SMILES string of the molecule is Cc1nn(-c2cccc(C#N)n2)cc1C(=O)O. The number of nitrogens with zero attached hydrogens (tertiary/aromatic N) is 4. The summed E-state index contributed by atoms with van der Waals surface area (Å²) in [7, 11) is 0. The Kier molecular flexibility index (Phi) is 2.58. The summed E-state index contributed by atoms with van der Waals surface area (Å²) in [6.07, 6.45) is 1.38. The molecular weight excluding hydrogens is 220 g/mol. The van der Waals surface area contributed by atoms with Crippen molar-refractivity contribution in [2.45, 2.75) is 6.92 Å². The van der Waals surface area contributed by atoms with Crippen LogP contribution in [0, 0.1) is 18.3 Å². The third-order valence-electron chi connectivity index (χ3n) is 2.21. The summed E-state index contributed by atoms with van der Waals surface area (Å²) < 4.78 is 1.35. The first-order chi connectivity index (χ1) is 8.11. The van der Waals surface area contributed by atoms with Crippen molar-refractivity contribution in [3.8, 4) is 11.9 Å². The van der Waals surface area contributed by atoms with E-state index < -0.39 is 5.97 Å². The maximum atomic E-state index is 10.9. The fourth-order valence-electron chi connectivity index (χ4n) is 1.40. The number of hydrogen-bond acceptors (Lipinski definition) is 4. The van der Waals surface area contributed by atoms with E-state index in [9.17, 15) is 4.79 Å². The van der Waals surface area contributed by atoms with Crippen molar-refractivity contribution in [1.82, 2.24) is 14.8 Å². The van der Waals surface area contributed by atoms with Gasteiger partial charge in [0.05, 0.1) is 5.69 Å². The molecule has 2 rings (SSSR count). The van der Waals surface area contributed by atoms with Crippen LogP contribution >= 0.6 is 0 Å². The minimum Gasteiger partial charge on any atom is -0.478 e. The Balaban J connectivity index is 2.50. The predicted octanol–water partition coefficient (Wildman–Crippen LogP) is 1.15. The zero-order chi connectivity index (χ0) is 12.4.